The van der Waals surface area contributed by atoms with Crippen molar-refractivity contribution in [3.8, 4) is 11.3 Å². The second kappa shape index (κ2) is 17.3. The number of alkyl carbamates (subject to hydrolysis) is 2. The van der Waals surface area contributed by atoms with E-state index in [1.165, 1.54) is 9.80 Å². The van der Waals surface area contributed by atoms with Gasteiger partial charge < -0.3 is 39.9 Å². The quantitative estimate of drug-likeness (QED) is 0.149. The number of likely N-dealkylation sites (tertiary alicyclic amines) is 2. The molecule has 20 heteroatoms. The molecule has 2 aromatic heterocycles. The number of rotatable bonds is 11. The van der Waals surface area contributed by atoms with Gasteiger partial charge in [-0.15, -0.1) is 0 Å². The van der Waals surface area contributed by atoms with Crippen molar-refractivity contribution in [2.24, 2.45) is 0 Å². The van der Waals surface area contributed by atoms with Crippen molar-refractivity contribution >= 4 is 29.6 Å². The number of amides is 4. The van der Waals surface area contributed by atoms with Gasteiger partial charge in [0.05, 0.1) is 62.9 Å². The van der Waals surface area contributed by atoms with Crippen molar-refractivity contribution in [2.45, 2.75) is 107 Å². The van der Waals surface area contributed by atoms with Crippen molar-refractivity contribution in [2.75, 3.05) is 27.3 Å². The van der Waals surface area contributed by atoms with Crippen LogP contribution in [0.1, 0.15) is 99.7 Å². The number of alkyl halides is 6. The Balaban J connectivity index is 1.10. The smallest absolute Gasteiger partial charge is 0.407 e. The molecular formula is C39H46F6N8O6. The number of benzene rings is 1. The van der Waals surface area contributed by atoms with Crippen LogP contribution in [-0.2, 0) is 24.5 Å². The molecule has 0 bridgehead atoms. The van der Waals surface area contributed by atoms with E-state index in [9.17, 15) is 45.5 Å². The lowest BCUT2D eigenvalue weighted by Gasteiger charge is -2.33. The van der Waals surface area contributed by atoms with E-state index < -0.39 is 73.4 Å². The van der Waals surface area contributed by atoms with Crippen LogP contribution in [0.15, 0.2) is 42.7 Å². The lowest BCUT2D eigenvalue weighted by atomic mass is 9.71. The van der Waals surface area contributed by atoms with Crippen molar-refractivity contribution in [1.82, 2.24) is 40.4 Å². The van der Waals surface area contributed by atoms with Crippen LogP contribution in [-0.4, -0.2) is 105 Å². The minimum Gasteiger partial charge on any atom is -0.453 e. The van der Waals surface area contributed by atoms with Crippen molar-refractivity contribution in [3.63, 3.8) is 0 Å². The largest absolute Gasteiger partial charge is 0.453 e. The molecule has 1 aliphatic carbocycles. The van der Waals surface area contributed by atoms with Crippen LogP contribution in [0.4, 0.5) is 35.9 Å². The number of methoxy groups -OCH3 is 2. The first-order valence-corrected chi connectivity index (χ1v) is 19.2. The summed E-state index contributed by atoms with van der Waals surface area (Å²) in [4.78, 5) is 68.2. The number of carbonyl (C=O) groups is 4. The van der Waals surface area contributed by atoms with Crippen LogP contribution in [0.5, 0.6) is 0 Å². The maximum absolute atomic E-state index is 13.3. The van der Waals surface area contributed by atoms with Gasteiger partial charge in [0, 0.05) is 13.1 Å². The number of hydrogen-bond donors (Lipinski definition) is 4. The Morgan fingerprint density at radius 2 is 1.27 bits per heavy atom. The van der Waals surface area contributed by atoms with E-state index in [2.05, 4.69) is 42.4 Å². The van der Waals surface area contributed by atoms with E-state index in [-0.39, 0.29) is 18.5 Å². The molecule has 3 aliphatic rings. The molecule has 1 unspecified atom stereocenters. The fourth-order valence-electron chi connectivity index (χ4n) is 8.14. The van der Waals surface area contributed by atoms with Gasteiger partial charge in [-0.05, 0) is 67.1 Å². The highest BCUT2D eigenvalue weighted by Gasteiger charge is 2.43. The van der Waals surface area contributed by atoms with Crippen LogP contribution < -0.4 is 10.6 Å². The van der Waals surface area contributed by atoms with Gasteiger partial charge in [0.1, 0.15) is 23.7 Å². The SMILES string of the molecule is COC(=O)N[C@@H](CC(F)(F)F)C(=O)N1CCC[C@H]1c1ncc(C2=CCC(C)(c3ccc(-c4cnc([C@@H]5CCCN5C(=O)[C@H](CC(F)(F)F)NC(=O)OC)[nH]4)cc3)CC2)[nH]1. The summed E-state index contributed by atoms with van der Waals surface area (Å²) in [5.41, 5.74) is 4.13. The second-order valence-electron chi connectivity index (χ2n) is 15.3. The predicted molar refractivity (Wildman–Crippen MR) is 199 cm³/mol. The third-order valence-electron chi connectivity index (χ3n) is 11.3. The third kappa shape index (κ3) is 10.2. The Morgan fingerprint density at radius 3 is 1.71 bits per heavy atom. The van der Waals surface area contributed by atoms with Gasteiger partial charge in [0.15, 0.2) is 0 Å². The van der Waals surface area contributed by atoms with Crippen LogP contribution in [0.3, 0.4) is 0 Å². The second-order valence-corrected chi connectivity index (χ2v) is 15.3. The van der Waals surface area contributed by atoms with Crippen molar-refractivity contribution < 1.29 is 55.0 Å². The summed E-state index contributed by atoms with van der Waals surface area (Å²) in [5, 5.41) is 4.04. The summed E-state index contributed by atoms with van der Waals surface area (Å²) < 4.78 is 88.8. The fraction of sp³-hybridized carbons (Fsp3) is 0.538. The number of nitrogens with one attached hydrogen (secondary N) is 4. The highest BCUT2D eigenvalue weighted by molar-refractivity contribution is 5.87. The summed E-state index contributed by atoms with van der Waals surface area (Å²) in [6.07, 6.45) is -5.09. The Hall–Kier alpha value is -5.56. The van der Waals surface area contributed by atoms with Gasteiger partial charge >= 0.3 is 24.5 Å². The first-order chi connectivity index (χ1) is 27.9. The number of ether oxygens (including phenoxy) is 2. The number of carbonyl (C=O) groups excluding carboxylic acids is 4. The summed E-state index contributed by atoms with van der Waals surface area (Å²) >= 11 is 0. The lowest BCUT2D eigenvalue weighted by Crippen LogP contribution is -2.50. The third-order valence-corrected chi connectivity index (χ3v) is 11.3. The summed E-state index contributed by atoms with van der Waals surface area (Å²) in [7, 11) is 2.01. The number of halogens is 6. The number of aromatic nitrogens is 4. The Labute approximate surface area is 335 Å². The van der Waals surface area contributed by atoms with E-state index in [1.807, 2.05) is 34.9 Å². The number of nitrogens with zero attached hydrogens (tertiary/aromatic N) is 4. The average Bonchev–Trinajstić information content (AvgIpc) is 4.03. The monoisotopic (exact) mass is 836 g/mol. The minimum absolute atomic E-state index is 0.203. The van der Waals surface area contributed by atoms with Crippen LogP contribution in [0.2, 0.25) is 0 Å². The molecule has 2 saturated heterocycles. The Bertz CT molecular complexity index is 2030. The molecule has 0 spiro atoms. The number of allylic oxidation sites excluding steroid dienone is 2. The molecule has 1 aromatic carbocycles. The molecular weight excluding hydrogens is 790 g/mol. The molecule has 2 aliphatic heterocycles. The standard InChI is InChI=1S/C39H46F6N8O6/c1-37(14-12-23(13-15-37)28-21-47-32(49-28)30-7-5-17-53(30)34(55)26(19-39(43,44)45)51-36(57)59-3)24-10-8-22(9-11-24)27-20-46-31(48-27)29-6-4-16-52(29)33(54)25(18-38(40,41)42)50-35(56)58-2/h8-12,20-21,25-26,29-30H,4-7,13-19H2,1-3H3,(H,46,48)(H,47,49)(H,50,56)(H,51,57)/t25-,26-,29-,30-,37?/m0/s1. The molecule has 0 saturated carbocycles. The maximum atomic E-state index is 13.3. The van der Waals surface area contributed by atoms with Gasteiger partial charge in [0.25, 0.3) is 0 Å². The molecule has 0 radical (unpaired) electrons. The van der Waals surface area contributed by atoms with Crippen molar-refractivity contribution in [1.29, 1.82) is 0 Å². The molecule has 59 heavy (non-hydrogen) atoms. The molecule has 4 heterocycles. The summed E-state index contributed by atoms with van der Waals surface area (Å²) in [5.74, 6) is -0.858. The average molecular weight is 837 g/mol. The van der Waals surface area contributed by atoms with E-state index in [0.29, 0.717) is 55.9 Å². The molecule has 4 N–H and O–H groups in total. The van der Waals surface area contributed by atoms with Crippen LogP contribution >= 0.6 is 0 Å². The van der Waals surface area contributed by atoms with Gasteiger partial charge in [0.2, 0.25) is 11.8 Å². The normalized spacial score (nSPS) is 22.1. The molecule has 320 valence electrons. The van der Waals surface area contributed by atoms with E-state index in [1.54, 1.807) is 12.4 Å². The van der Waals surface area contributed by atoms with E-state index >= 15 is 0 Å². The number of aromatic amines is 2. The van der Waals surface area contributed by atoms with Crippen LogP contribution in [0, 0.1) is 0 Å². The molecule has 2 fully saturated rings. The highest BCUT2D eigenvalue weighted by Crippen LogP contribution is 2.42. The Kier molecular flexibility index (Phi) is 12.7. The number of hydrogen-bond acceptors (Lipinski definition) is 8. The summed E-state index contributed by atoms with van der Waals surface area (Å²) in [6, 6.07) is 3.08. The molecule has 6 rings (SSSR count). The van der Waals surface area contributed by atoms with E-state index in [0.717, 1.165) is 43.0 Å². The number of H-pyrrole nitrogens is 2. The van der Waals surface area contributed by atoms with Gasteiger partial charge in [-0.2, -0.15) is 26.3 Å². The molecule has 3 aromatic rings. The number of imidazole rings is 2. The fourth-order valence-corrected chi connectivity index (χ4v) is 8.14. The summed E-state index contributed by atoms with van der Waals surface area (Å²) in [6.45, 7) is 2.58. The predicted octanol–water partition coefficient (Wildman–Crippen LogP) is 7.01. The maximum Gasteiger partial charge on any atom is 0.407 e. The molecule has 5 atom stereocenters. The van der Waals surface area contributed by atoms with Crippen LogP contribution in [0.25, 0.3) is 16.8 Å². The van der Waals surface area contributed by atoms with Gasteiger partial charge in [-0.1, -0.05) is 37.3 Å². The molecule has 14 nitrogen and oxygen atoms in total. The zero-order valence-electron chi connectivity index (χ0n) is 32.6. The Morgan fingerprint density at radius 1 is 0.797 bits per heavy atom. The molecule has 4 amide bonds. The zero-order chi connectivity index (χ0) is 42.7. The first-order valence-electron chi connectivity index (χ1n) is 19.2. The minimum atomic E-state index is -4.70. The zero-order valence-corrected chi connectivity index (χ0v) is 32.6. The van der Waals surface area contributed by atoms with E-state index in [4.69, 9.17) is 0 Å². The first kappa shape index (κ1) is 43.0. The van der Waals surface area contributed by atoms with Crippen molar-refractivity contribution in [3.05, 3.63) is 65.6 Å². The van der Waals surface area contributed by atoms with Gasteiger partial charge in [-0.3, -0.25) is 9.59 Å². The highest BCUT2D eigenvalue weighted by atomic mass is 19.4. The van der Waals surface area contributed by atoms with Gasteiger partial charge in [-0.25, -0.2) is 19.6 Å². The lowest BCUT2D eigenvalue weighted by molar-refractivity contribution is -0.154. The topological polar surface area (TPSA) is 175 Å².